The van der Waals surface area contributed by atoms with Crippen molar-refractivity contribution in [3.8, 4) is 0 Å². The summed E-state index contributed by atoms with van der Waals surface area (Å²) in [4.78, 5) is 18.3. The Kier molecular flexibility index (Phi) is 3.39. The van der Waals surface area contributed by atoms with Crippen LogP contribution in [0.1, 0.15) is 45.3 Å². The Morgan fingerprint density at radius 2 is 2.21 bits per heavy atom. The maximum atomic E-state index is 12.2. The summed E-state index contributed by atoms with van der Waals surface area (Å²) in [6, 6.07) is -0.0858. The van der Waals surface area contributed by atoms with Gasteiger partial charge in [0, 0.05) is 13.1 Å². The average Bonchev–Trinajstić information content (AvgIpc) is 2.70. The Bertz CT molecular complexity index is 499. The van der Waals surface area contributed by atoms with Crippen molar-refractivity contribution in [2.45, 2.75) is 45.9 Å². The molecule has 1 aliphatic heterocycles. The highest BCUT2D eigenvalue weighted by Gasteiger charge is 2.32. The molecule has 2 heterocycles. The molecule has 0 aliphatic carbocycles. The molecule has 2 rings (SSSR count). The molecule has 1 aromatic rings. The van der Waals surface area contributed by atoms with Crippen LogP contribution in [-0.2, 0) is 11.3 Å². The van der Waals surface area contributed by atoms with Crippen LogP contribution in [0.2, 0.25) is 0 Å². The van der Waals surface area contributed by atoms with Gasteiger partial charge in [-0.2, -0.15) is 0 Å². The van der Waals surface area contributed by atoms with Gasteiger partial charge in [-0.3, -0.25) is 4.90 Å². The Hall–Kier alpha value is -1.78. The topological polar surface area (TPSA) is 47.4 Å². The molecule has 5 heteroatoms. The van der Waals surface area contributed by atoms with Crippen molar-refractivity contribution >= 4 is 12.2 Å². The minimum atomic E-state index is -0.476. The van der Waals surface area contributed by atoms with Crippen LogP contribution in [0.5, 0.6) is 0 Å². The first kappa shape index (κ1) is 13.6. The molecule has 104 valence electrons. The summed E-state index contributed by atoms with van der Waals surface area (Å²) < 4.78 is 7.52. The van der Waals surface area contributed by atoms with Crippen LogP contribution in [-0.4, -0.2) is 32.7 Å². The highest BCUT2D eigenvalue weighted by molar-refractivity contribution is 5.69. The molecule has 0 aromatic carbocycles. The molecular weight excluding hydrogens is 242 g/mol. The Morgan fingerprint density at radius 3 is 2.79 bits per heavy atom. The highest BCUT2D eigenvalue weighted by atomic mass is 16.6. The number of nitrogens with zero attached hydrogens (tertiary/aromatic N) is 3. The largest absolute Gasteiger partial charge is 0.444 e. The van der Waals surface area contributed by atoms with E-state index in [1.165, 1.54) is 0 Å². The lowest BCUT2D eigenvalue weighted by atomic mass is 10.2. The zero-order valence-corrected chi connectivity index (χ0v) is 12.0. The summed E-state index contributed by atoms with van der Waals surface area (Å²) >= 11 is 0. The smallest absolute Gasteiger partial charge is 0.410 e. The molecule has 0 bridgehead atoms. The first-order chi connectivity index (χ1) is 8.83. The molecule has 0 unspecified atom stereocenters. The van der Waals surface area contributed by atoms with E-state index in [0.29, 0.717) is 6.54 Å². The number of rotatable bonds is 1. The highest BCUT2D eigenvalue weighted by Crippen LogP contribution is 2.27. The van der Waals surface area contributed by atoms with Crippen LogP contribution in [0, 0.1) is 0 Å². The molecule has 1 aromatic heterocycles. The SMILES string of the molecule is C=Cc1cnc2n1CCN(C(=O)OC(C)(C)C)[C@@H]2C. The van der Waals surface area contributed by atoms with E-state index >= 15 is 0 Å². The second-order valence-corrected chi connectivity index (χ2v) is 5.75. The van der Waals surface area contributed by atoms with Crippen LogP contribution in [0.3, 0.4) is 0 Å². The van der Waals surface area contributed by atoms with E-state index < -0.39 is 5.60 Å². The lowest BCUT2D eigenvalue weighted by molar-refractivity contribution is 0.0120. The number of imidazole rings is 1. The van der Waals surface area contributed by atoms with Crippen LogP contribution in [0.15, 0.2) is 12.8 Å². The third kappa shape index (κ3) is 2.64. The fourth-order valence-corrected chi connectivity index (χ4v) is 2.25. The van der Waals surface area contributed by atoms with Crippen molar-refractivity contribution in [3.63, 3.8) is 0 Å². The Labute approximate surface area is 113 Å². The minimum Gasteiger partial charge on any atom is -0.444 e. The fourth-order valence-electron chi connectivity index (χ4n) is 2.25. The van der Waals surface area contributed by atoms with Gasteiger partial charge in [0.1, 0.15) is 11.4 Å². The fraction of sp³-hybridized carbons (Fsp3) is 0.571. The molecule has 0 radical (unpaired) electrons. The van der Waals surface area contributed by atoms with Crippen molar-refractivity contribution in [2.75, 3.05) is 6.54 Å². The molecule has 5 nitrogen and oxygen atoms in total. The molecule has 0 saturated heterocycles. The van der Waals surface area contributed by atoms with Crippen LogP contribution < -0.4 is 0 Å². The number of hydrogen-bond donors (Lipinski definition) is 0. The number of carbonyl (C=O) groups excluding carboxylic acids is 1. The number of amides is 1. The maximum Gasteiger partial charge on any atom is 0.410 e. The lowest BCUT2D eigenvalue weighted by Crippen LogP contribution is -2.44. The van der Waals surface area contributed by atoms with Gasteiger partial charge in [0.05, 0.1) is 17.9 Å². The van der Waals surface area contributed by atoms with Gasteiger partial charge in [0.2, 0.25) is 0 Å². The summed E-state index contributed by atoms with van der Waals surface area (Å²) in [5.41, 5.74) is 0.515. The zero-order valence-electron chi connectivity index (χ0n) is 12.0. The maximum absolute atomic E-state index is 12.2. The number of aromatic nitrogens is 2. The van der Waals surface area contributed by atoms with Gasteiger partial charge >= 0.3 is 6.09 Å². The van der Waals surface area contributed by atoms with Crippen molar-refractivity contribution in [1.82, 2.24) is 14.5 Å². The summed E-state index contributed by atoms with van der Waals surface area (Å²) in [6.07, 6.45) is 3.29. The molecule has 1 aliphatic rings. The summed E-state index contributed by atoms with van der Waals surface area (Å²) in [6.45, 7) is 12.7. The van der Waals surface area contributed by atoms with Gasteiger partial charge in [-0.25, -0.2) is 9.78 Å². The van der Waals surface area contributed by atoms with Crippen molar-refractivity contribution in [2.24, 2.45) is 0 Å². The Morgan fingerprint density at radius 1 is 1.53 bits per heavy atom. The Balaban J connectivity index is 2.19. The normalized spacial score (nSPS) is 18.9. The molecule has 0 fully saturated rings. The van der Waals surface area contributed by atoms with Crippen LogP contribution >= 0.6 is 0 Å². The molecule has 1 amide bonds. The molecule has 19 heavy (non-hydrogen) atoms. The molecule has 0 N–H and O–H groups in total. The van der Waals surface area contributed by atoms with E-state index in [1.54, 1.807) is 17.2 Å². The minimum absolute atomic E-state index is 0.0858. The predicted octanol–water partition coefficient (Wildman–Crippen LogP) is 2.84. The standard InChI is InChI=1S/C14H21N3O2/c1-6-11-9-15-12-10(2)16(7-8-17(11)12)13(18)19-14(3,4)5/h6,9-10H,1,7-8H2,2-5H3/t10-/m1/s1. The second kappa shape index (κ2) is 4.72. The zero-order chi connectivity index (χ0) is 14.2. The van der Waals surface area contributed by atoms with Gasteiger partial charge in [-0.05, 0) is 33.8 Å². The van der Waals surface area contributed by atoms with E-state index in [0.717, 1.165) is 18.1 Å². The lowest BCUT2D eigenvalue weighted by Gasteiger charge is -2.35. The molecule has 0 spiro atoms. The summed E-state index contributed by atoms with van der Waals surface area (Å²) in [7, 11) is 0. The predicted molar refractivity (Wildman–Crippen MR) is 73.7 cm³/mol. The van der Waals surface area contributed by atoms with Crippen molar-refractivity contribution in [3.05, 3.63) is 24.3 Å². The van der Waals surface area contributed by atoms with Crippen molar-refractivity contribution < 1.29 is 9.53 Å². The number of carbonyl (C=O) groups is 1. The quantitative estimate of drug-likeness (QED) is 0.782. The van der Waals surface area contributed by atoms with Gasteiger partial charge < -0.3 is 9.30 Å². The van der Waals surface area contributed by atoms with E-state index in [1.807, 2.05) is 27.7 Å². The van der Waals surface area contributed by atoms with E-state index in [2.05, 4.69) is 16.1 Å². The van der Waals surface area contributed by atoms with Crippen LogP contribution in [0.4, 0.5) is 4.79 Å². The average molecular weight is 263 g/mol. The number of ether oxygens (including phenoxy) is 1. The molecule has 1 atom stereocenters. The third-order valence-corrected chi connectivity index (χ3v) is 3.16. The summed E-state index contributed by atoms with van der Waals surface area (Å²) in [5, 5.41) is 0. The third-order valence-electron chi connectivity index (χ3n) is 3.16. The van der Waals surface area contributed by atoms with Gasteiger partial charge in [-0.15, -0.1) is 0 Å². The molecular formula is C14H21N3O2. The van der Waals surface area contributed by atoms with E-state index in [-0.39, 0.29) is 12.1 Å². The number of fused-ring (bicyclic) bond motifs is 1. The first-order valence-corrected chi connectivity index (χ1v) is 6.51. The van der Waals surface area contributed by atoms with Gasteiger partial charge in [0.15, 0.2) is 0 Å². The first-order valence-electron chi connectivity index (χ1n) is 6.51. The number of hydrogen-bond acceptors (Lipinski definition) is 3. The summed E-state index contributed by atoms with van der Waals surface area (Å²) in [5.74, 6) is 0.881. The van der Waals surface area contributed by atoms with Gasteiger partial charge in [0.25, 0.3) is 0 Å². The molecule has 0 saturated carbocycles. The van der Waals surface area contributed by atoms with Crippen LogP contribution in [0.25, 0.3) is 6.08 Å². The van der Waals surface area contributed by atoms with Gasteiger partial charge in [-0.1, -0.05) is 6.58 Å². The second-order valence-electron chi connectivity index (χ2n) is 5.75. The van der Waals surface area contributed by atoms with E-state index in [9.17, 15) is 4.79 Å². The van der Waals surface area contributed by atoms with Crippen molar-refractivity contribution in [1.29, 1.82) is 0 Å². The van der Waals surface area contributed by atoms with E-state index in [4.69, 9.17) is 4.74 Å². The monoisotopic (exact) mass is 263 g/mol.